The highest BCUT2D eigenvalue weighted by atomic mass is 16.6. The molecule has 0 aliphatic carbocycles. The molecule has 228 valence electrons. The third-order valence-corrected chi connectivity index (χ3v) is 7.65. The van der Waals surface area contributed by atoms with Crippen molar-refractivity contribution >= 4 is 40.4 Å². The normalized spacial score (nSPS) is 13.0. The molecular formula is C35H33N5O5. The minimum atomic E-state index is -0.692. The van der Waals surface area contributed by atoms with Gasteiger partial charge in [-0.3, -0.25) is 14.4 Å². The molecule has 45 heavy (non-hydrogen) atoms. The van der Waals surface area contributed by atoms with Crippen molar-refractivity contribution in [3.63, 3.8) is 0 Å². The van der Waals surface area contributed by atoms with Crippen molar-refractivity contribution < 1.29 is 23.9 Å². The van der Waals surface area contributed by atoms with Gasteiger partial charge in [0.05, 0.1) is 0 Å². The number of rotatable bonds is 10. The molecule has 5 aromatic rings. The smallest absolute Gasteiger partial charge is 0.302 e. The first-order chi connectivity index (χ1) is 22.0. The van der Waals surface area contributed by atoms with Crippen LogP contribution in [0, 0.1) is 0 Å². The summed E-state index contributed by atoms with van der Waals surface area (Å²) >= 11 is 0. The van der Waals surface area contributed by atoms with E-state index in [1.54, 1.807) is 22.9 Å². The fourth-order valence-electron chi connectivity index (χ4n) is 5.45. The highest BCUT2D eigenvalue weighted by Crippen LogP contribution is 2.29. The van der Waals surface area contributed by atoms with Crippen molar-refractivity contribution in [1.29, 1.82) is 0 Å². The van der Waals surface area contributed by atoms with Gasteiger partial charge in [-0.1, -0.05) is 36.4 Å². The number of nitrogens with zero attached hydrogens (tertiary/aromatic N) is 4. The summed E-state index contributed by atoms with van der Waals surface area (Å²) in [5.74, 6) is -0.128. The lowest BCUT2D eigenvalue weighted by atomic mass is 10.0. The van der Waals surface area contributed by atoms with Crippen LogP contribution >= 0.6 is 0 Å². The first-order valence-electron chi connectivity index (χ1n) is 14.8. The quantitative estimate of drug-likeness (QED) is 0.102. The molecule has 1 N–H and O–H groups in total. The highest BCUT2D eigenvalue weighted by Gasteiger charge is 2.25. The standard InChI is InChI=1S/C35H33N5O5/c1-25(41)44-21-22-45-30-14-15-36-32(24-30)39-19-17-38(18-20-39)28-12-10-27(11-13-28)37-35(43)34(42)33-31(26-7-3-2-4-8-26)23-29-9-5-6-16-40(29)33/h2-16,23-24H,17-22H2,1H3,(H,37,43). The lowest BCUT2D eigenvalue weighted by Gasteiger charge is -2.36. The molecule has 10 heteroatoms. The van der Waals surface area contributed by atoms with Gasteiger partial charge in [0.2, 0.25) is 0 Å². The Labute approximate surface area is 260 Å². The van der Waals surface area contributed by atoms with Crippen molar-refractivity contribution in [2.75, 3.05) is 54.5 Å². The number of aromatic nitrogens is 2. The van der Waals surface area contributed by atoms with Gasteiger partial charge in [-0.05, 0) is 54.1 Å². The van der Waals surface area contributed by atoms with E-state index in [1.165, 1.54) is 6.92 Å². The van der Waals surface area contributed by atoms with Gasteiger partial charge >= 0.3 is 5.97 Å². The maximum atomic E-state index is 13.5. The number of amides is 1. The third kappa shape index (κ3) is 6.80. The summed E-state index contributed by atoms with van der Waals surface area (Å²) in [7, 11) is 0. The average Bonchev–Trinajstić information content (AvgIpc) is 3.47. The molecule has 4 heterocycles. The van der Waals surface area contributed by atoms with Crippen LogP contribution in [0.4, 0.5) is 17.2 Å². The Morgan fingerprint density at radius 1 is 0.822 bits per heavy atom. The molecule has 0 saturated carbocycles. The summed E-state index contributed by atoms with van der Waals surface area (Å²) < 4.78 is 12.4. The summed E-state index contributed by atoms with van der Waals surface area (Å²) in [6, 6.07) is 28.4. The summed E-state index contributed by atoms with van der Waals surface area (Å²) in [6.45, 7) is 4.95. The Hall–Kier alpha value is -5.64. The lowest BCUT2D eigenvalue weighted by molar-refractivity contribution is -0.141. The molecule has 1 aliphatic rings. The van der Waals surface area contributed by atoms with E-state index in [0.717, 1.165) is 48.8 Å². The zero-order valence-electron chi connectivity index (χ0n) is 24.9. The number of carbonyl (C=O) groups excluding carboxylic acids is 3. The molecule has 1 aliphatic heterocycles. The Morgan fingerprint density at radius 2 is 1.56 bits per heavy atom. The number of Topliss-reactive ketones (excluding diaryl/α,β-unsaturated/α-hetero) is 1. The topological polar surface area (TPSA) is 105 Å². The molecule has 0 spiro atoms. The second-order valence-corrected chi connectivity index (χ2v) is 10.6. The number of hydrogen-bond acceptors (Lipinski definition) is 8. The van der Waals surface area contributed by atoms with Crippen LogP contribution in [0.1, 0.15) is 17.4 Å². The number of fused-ring (bicyclic) bond motifs is 1. The van der Waals surface area contributed by atoms with Crippen LogP contribution in [-0.2, 0) is 14.3 Å². The van der Waals surface area contributed by atoms with Crippen LogP contribution in [-0.4, -0.2) is 66.4 Å². The first kappa shape index (κ1) is 29.4. The van der Waals surface area contributed by atoms with Crippen LogP contribution in [0.3, 0.4) is 0 Å². The van der Waals surface area contributed by atoms with E-state index in [1.807, 2.05) is 84.9 Å². The predicted octanol–water partition coefficient (Wildman–Crippen LogP) is 5.09. The number of anilines is 3. The third-order valence-electron chi connectivity index (χ3n) is 7.65. The molecule has 1 amide bonds. The molecule has 1 fully saturated rings. The van der Waals surface area contributed by atoms with E-state index in [-0.39, 0.29) is 19.2 Å². The van der Waals surface area contributed by atoms with E-state index in [0.29, 0.717) is 22.7 Å². The number of ketones is 1. The zero-order chi connectivity index (χ0) is 31.2. The molecule has 0 atom stereocenters. The van der Waals surface area contributed by atoms with Crippen molar-refractivity contribution in [2.24, 2.45) is 0 Å². The maximum absolute atomic E-state index is 13.5. The molecule has 0 bridgehead atoms. The number of nitrogens with one attached hydrogen (secondary N) is 1. The van der Waals surface area contributed by atoms with Crippen LogP contribution in [0.2, 0.25) is 0 Å². The number of esters is 1. The SMILES string of the molecule is CC(=O)OCCOc1ccnc(N2CCN(c3ccc(NC(=O)C(=O)c4c(-c5ccccc5)cc5ccccn45)cc3)CC2)c1. The number of carbonyl (C=O) groups is 3. The summed E-state index contributed by atoms with van der Waals surface area (Å²) in [5.41, 5.74) is 4.33. The van der Waals surface area contributed by atoms with Gasteiger partial charge in [-0.15, -0.1) is 0 Å². The van der Waals surface area contributed by atoms with Gasteiger partial charge in [0.15, 0.2) is 0 Å². The van der Waals surface area contributed by atoms with E-state index in [4.69, 9.17) is 9.47 Å². The van der Waals surface area contributed by atoms with E-state index in [2.05, 4.69) is 20.1 Å². The minimum Gasteiger partial charge on any atom is -0.490 e. The van der Waals surface area contributed by atoms with Gasteiger partial charge in [-0.25, -0.2) is 4.98 Å². The maximum Gasteiger partial charge on any atom is 0.302 e. The van der Waals surface area contributed by atoms with Gasteiger partial charge in [-0.2, -0.15) is 0 Å². The first-order valence-corrected chi connectivity index (χ1v) is 14.8. The molecule has 3 aromatic heterocycles. The molecule has 6 rings (SSSR count). The number of pyridine rings is 2. The monoisotopic (exact) mass is 603 g/mol. The van der Waals surface area contributed by atoms with Crippen LogP contribution in [0.5, 0.6) is 5.75 Å². The van der Waals surface area contributed by atoms with Gasteiger partial charge < -0.3 is 29.0 Å². The van der Waals surface area contributed by atoms with Crippen molar-refractivity contribution in [1.82, 2.24) is 9.38 Å². The second kappa shape index (κ2) is 13.3. The van der Waals surface area contributed by atoms with Crippen molar-refractivity contribution in [3.05, 3.63) is 109 Å². The number of piperazine rings is 1. The van der Waals surface area contributed by atoms with Crippen LogP contribution < -0.4 is 19.9 Å². The van der Waals surface area contributed by atoms with E-state index < -0.39 is 11.7 Å². The second-order valence-electron chi connectivity index (χ2n) is 10.6. The summed E-state index contributed by atoms with van der Waals surface area (Å²) in [4.78, 5) is 46.6. The number of hydrogen-bond donors (Lipinski definition) is 1. The predicted molar refractivity (Wildman–Crippen MR) is 173 cm³/mol. The number of benzene rings is 2. The molecule has 1 saturated heterocycles. The van der Waals surface area contributed by atoms with Gasteiger partial charge in [0.1, 0.15) is 30.5 Å². The Morgan fingerprint density at radius 3 is 2.31 bits per heavy atom. The summed E-state index contributed by atoms with van der Waals surface area (Å²) in [5, 5.41) is 2.79. The molecule has 10 nitrogen and oxygen atoms in total. The number of ether oxygens (including phenoxy) is 2. The van der Waals surface area contributed by atoms with Crippen LogP contribution in [0.15, 0.2) is 103 Å². The fourth-order valence-corrected chi connectivity index (χ4v) is 5.45. The van der Waals surface area contributed by atoms with Gasteiger partial charge in [0.25, 0.3) is 11.7 Å². The average molecular weight is 604 g/mol. The van der Waals surface area contributed by atoms with Crippen molar-refractivity contribution in [2.45, 2.75) is 6.92 Å². The van der Waals surface area contributed by atoms with Crippen LogP contribution in [0.25, 0.3) is 16.6 Å². The van der Waals surface area contributed by atoms with E-state index >= 15 is 0 Å². The zero-order valence-corrected chi connectivity index (χ0v) is 24.9. The highest BCUT2D eigenvalue weighted by molar-refractivity contribution is 6.47. The Kier molecular flexibility index (Phi) is 8.72. The summed E-state index contributed by atoms with van der Waals surface area (Å²) in [6.07, 6.45) is 3.51. The lowest BCUT2D eigenvalue weighted by Crippen LogP contribution is -2.46. The molecule has 0 radical (unpaired) electrons. The van der Waals surface area contributed by atoms with Gasteiger partial charge in [0, 0.05) is 74.0 Å². The largest absolute Gasteiger partial charge is 0.490 e. The molecular weight excluding hydrogens is 570 g/mol. The Balaban J connectivity index is 1.07. The fraction of sp³-hybridized carbons (Fsp3) is 0.200. The van der Waals surface area contributed by atoms with Crippen molar-refractivity contribution in [3.8, 4) is 16.9 Å². The molecule has 0 unspecified atom stereocenters. The molecule has 2 aromatic carbocycles. The van der Waals surface area contributed by atoms with E-state index in [9.17, 15) is 14.4 Å². The minimum absolute atomic E-state index is 0.198. The Bertz CT molecular complexity index is 1810.